The van der Waals surface area contributed by atoms with Crippen LogP contribution in [0.15, 0.2) is 24.3 Å². The zero-order chi connectivity index (χ0) is 11.7. The van der Waals surface area contributed by atoms with Gasteiger partial charge in [-0.05, 0) is 25.0 Å². The SMILES string of the molecule is CCc1cccc2cc([C@@H](C)O)c(Cl)nc12. The summed E-state index contributed by atoms with van der Waals surface area (Å²) in [5.41, 5.74) is 2.79. The van der Waals surface area contributed by atoms with Crippen molar-refractivity contribution in [3.8, 4) is 0 Å². The van der Waals surface area contributed by atoms with Crippen molar-refractivity contribution in [2.45, 2.75) is 26.4 Å². The maximum Gasteiger partial charge on any atom is 0.135 e. The fourth-order valence-electron chi connectivity index (χ4n) is 1.83. The van der Waals surface area contributed by atoms with Crippen molar-refractivity contribution in [3.63, 3.8) is 0 Å². The van der Waals surface area contributed by atoms with E-state index in [2.05, 4.69) is 11.9 Å². The summed E-state index contributed by atoms with van der Waals surface area (Å²) in [6.07, 6.45) is 0.337. The van der Waals surface area contributed by atoms with Crippen LogP contribution in [0.2, 0.25) is 5.15 Å². The van der Waals surface area contributed by atoms with Crippen molar-refractivity contribution in [3.05, 3.63) is 40.5 Å². The third-order valence-electron chi connectivity index (χ3n) is 2.74. The summed E-state index contributed by atoms with van der Waals surface area (Å²) in [5.74, 6) is 0. The lowest BCUT2D eigenvalue weighted by molar-refractivity contribution is 0.199. The lowest BCUT2D eigenvalue weighted by atomic mass is 10.0. The van der Waals surface area contributed by atoms with Gasteiger partial charge in [0, 0.05) is 10.9 Å². The second-order valence-corrected chi connectivity index (χ2v) is 4.24. The summed E-state index contributed by atoms with van der Waals surface area (Å²) in [5, 5.41) is 11.0. The van der Waals surface area contributed by atoms with Crippen LogP contribution in [0, 0.1) is 0 Å². The number of rotatable bonds is 2. The number of aliphatic hydroxyl groups excluding tert-OH is 1. The molecular formula is C13H14ClNO. The number of aliphatic hydroxyl groups is 1. The Labute approximate surface area is 99.9 Å². The molecule has 0 aliphatic rings. The van der Waals surface area contributed by atoms with Gasteiger partial charge in [-0.15, -0.1) is 0 Å². The Hall–Kier alpha value is -1.12. The van der Waals surface area contributed by atoms with Gasteiger partial charge in [0.15, 0.2) is 0 Å². The maximum atomic E-state index is 9.57. The molecule has 1 aromatic heterocycles. The van der Waals surface area contributed by atoms with Crippen LogP contribution in [-0.2, 0) is 6.42 Å². The number of benzene rings is 1. The monoisotopic (exact) mass is 235 g/mol. The van der Waals surface area contributed by atoms with Crippen LogP contribution in [0.4, 0.5) is 0 Å². The van der Waals surface area contributed by atoms with Crippen molar-refractivity contribution in [2.24, 2.45) is 0 Å². The largest absolute Gasteiger partial charge is 0.389 e. The molecule has 0 bridgehead atoms. The molecule has 16 heavy (non-hydrogen) atoms. The van der Waals surface area contributed by atoms with E-state index in [1.807, 2.05) is 24.3 Å². The Morgan fingerprint density at radius 2 is 2.19 bits per heavy atom. The standard InChI is InChI=1S/C13H14ClNO/c1-3-9-5-4-6-10-7-11(8(2)16)13(14)15-12(9)10/h4-8,16H,3H2,1-2H3/t8-/m1/s1. The minimum atomic E-state index is -0.588. The quantitative estimate of drug-likeness (QED) is 0.809. The summed E-state index contributed by atoms with van der Waals surface area (Å²) in [6, 6.07) is 7.95. The highest BCUT2D eigenvalue weighted by molar-refractivity contribution is 6.30. The first-order chi connectivity index (χ1) is 7.63. The molecule has 0 radical (unpaired) electrons. The highest BCUT2D eigenvalue weighted by atomic mass is 35.5. The predicted molar refractivity (Wildman–Crippen MR) is 66.8 cm³/mol. The first-order valence-corrected chi connectivity index (χ1v) is 5.77. The fraction of sp³-hybridized carbons (Fsp3) is 0.308. The predicted octanol–water partition coefficient (Wildman–Crippen LogP) is 3.50. The third kappa shape index (κ3) is 1.91. The van der Waals surface area contributed by atoms with Gasteiger partial charge in [-0.3, -0.25) is 0 Å². The Balaban J connectivity index is 2.73. The molecule has 84 valence electrons. The summed E-state index contributed by atoms with van der Waals surface area (Å²) < 4.78 is 0. The molecule has 2 aromatic rings. The number of fused-ring (bicyclic) bond motifs is 1. The van der Waals surface area contributed by atoms with Crippen molar-refractivity contribution >= 4 is 22.5 Å². The first kappa shape index (κ1) is 11.4. The van der Waals surface area contributed by atoms with E-state index in [0.29, 0.717) is 10.7 Å². The van der Waals surface area contributed by atoms with Crippen LogP contribution in [0.3, 0.4) is 0 Å². The van der Waals surface area contributed by atoms with Crippen molar-refractivity contribution in [2.75, 3.05) is 0 Å². The zero-order valence-electron chi connectivity index (χ0n) is 9.37. The molecule has 1 heterocycles. The van der Waals surface area contributed by atoms with E-state index in [1.54, 1.807) is 6.92 Å². The molecule has 0 saturated heterocycles. The van der Waals surface area contributed by atoms with Crippen molar-refractivity contribution in [1.82, 2.24) is 4.98 Å². The highest BCUT2D eigenvalue weighted by Gasteiger charge is 2.10. The van der Waals surface area contributed by atoms with Gasteiger partial charge in [0.05, 0.1) is 11.6 Å². The molecule has 0 aliphatic heterocycles. The molecule has 0 aliphatic carbocycles. The summed E-state index contributed by atoms with van der Waals surface area (Å²) in [4.78, 5) is 4.37. The number of para-hydroxylation sites is 1. The normalized spacial score (nSPS) is 13.0. The molecule has 0 unspecified atom stereocenters. The number of halogens is 1. The van der Waals surface area contributed by atoms with Gasteiger partial charge in [-0.25, -0.2) is 4.98 Å². The van der Waals surface area contributed by atoms with E-state index < -0.39 is 6.10 Å². The summed E-state index contributed by atoms with van der Waals surface area (Å²) in [7, 11) is 0. The average molecular weight is 236 g/mol. The highest BCUT2D eigenvalue weighted by Crippen LogP contribution is 2.27. The molecule has 2 rings (SSSR count). The van der Waals surface area contributed by atoms with Gasteiger partial charge in [-0.1, -0.05) is 36.7 Å². The number of aryl methyl sites for hydroxylation is 1. The maximum absolute atomic E-state index is 9.57. The molecule has 3 heteroatoms. The van der Waals surface area contributed by atoms with Gasteiger partial charge >= 0.3 is 0 Å². The van der Waals surface area contributed by atoms with E-state index >= 15 is 0 Å². The lowest BCUT2D eigenvalue weighted by Crippen LogP contribution is -1.96. The Morgan fingerprint density at radius 1 is 1.44 bits per heavy atom. The number of hydrogen-bond acceptors (Lipinski definition) is 2. The number of nitrogens with zero attached hydrogens (tertiary/aromatic N) is 1. The molecule has 0 fully saturated rings. The smallest absolute Gasteiger partial charge is 0.135 e. The van der Waals surface area contributed by atoms with Crippen molar-refractivity contribution < 1.29 is 5.11 Å². The molecule has 1 aromatic carbocycles. The topological polar surface area (TPSA) is 33.1 Å². The minimum absolute atomic E-state index is 0.392. The molecular weight excluding hydrogens is 222 g/mol. The third-order valence-corrected chi connectivity index (χ3v) is 3.04. The van der Waals surface area contributed by atoms with Gasteiger partial charge < -0.3 is 5.11 Å². The molecule has 0 saturated carbocycles. The van der Waals surface area contributed by atoms with E-state index in [1.165, 1.54) is 5.56 Å². The van der Waals surface area contributed by atoms with Crippen LogP contribution < -0.4 is 0 Å². The first-order valence-electron chi connectivity index (χ1n) is 5.39. The second kappa shape index (κ2) is 4.40. The zero-order valence-corrected chi connectivity index (χ0v) is 10.1. The summed E-state index contributed by atoms with van der Waals surface area (Å²) >= 11 is 6.06. The van der Waals surface area contributed by atoms with Crippen LogP contribution in [0.1, 0.15) is 31.1 Å². The fourth-order valence-corrected chi connectivity index (χ4v) is 2.13. The Morgan fingerprint density at radius 3 is 2.81 bits per heavy atom. The van der Waals surface area contributed by atoms with Crippen LogP contribution in [0.5, 0.6) is 0 Å². The van der Waals surface area contributed by atoms with Crippen LogP contribution in [-0.4, -0.2) is 10.1 Å². The molecule has 1 N–H and O–H groups in total. The van der Waals surface area contributed by atoms with E-state index in [9.17, 15) is 5.11 Å². The Bertz CT molecular complexity index is 523. The van der Waals surface area contributed by atoms with Gasteiger partial charge in [-0.2, -0.15) is 0 Å². The van der Waals surface area contributed by atoms with E-state index in [-0.39, 0.29) is 0 Å². The minimum Gasteiger partial charge on any atom is -0.389 e. The second-order valence-electron chi connectivity index (χ2n) is 3.89. The van der Waals surface area contributed by atoms with Crippen LogP contribution >= 0.6 is 11.6 Å². The van der Waals surface area contributed by atoms with Gasteiger partial charge in [0.1, 0.15) is 5.15 Å². The van der Waals surface area contributed by atoms with Crippen LogP contribution in [0.25, 0.3) is 10.9 Å². The number of hydrogen-bond donors (Lipinski definition) is 1. The van der Waals surface area contributed by atoms with E-state index in [0.717, 1.165) is 17.3 Å². The number of pyridine rings is 1. The van der Waals surface area contributed by atoms with Crippen molar-refractivity contribution in [1.29, 1.82) is 0 Å². The summed E-state index contributed by atoms with van der Waals surface area (Å²) in [6.45, 7) is 3.78. The van der Waals surface area contributed by atoms with E-state index in [4.69, 9.17) is 11.6 Å². The average Bonchev–Trinajstić information content (AvgIpc) is 2.27. The van der Waals surface area contributed by atoms with Gasteiger partial charge in [0.25, 0.3) is 0 Å². The number of aromatic nitrogens is 1. The molecule has 1 atom stereocenters. The molecule has 0 spiro atoms. The Kier molecular flexibility index (Phi) is 3.13. The molecule has 0 amide bonds. The van der Waals surface area contributed by atoms with Gasteiger partial charge in [0.2, 0.25) is 0 Å². The molecule has 2 nitrogen and oxygen atoms in total. The lowest BCUT2D eigenvalue weighted by Gasteiger charge is -2.10.